The van der Waals surface area contributed by atoms with Gasteiger partial charge in [-0.05, 0) is 48.7 Å². The van der Waals surface area contributed by atoms with Crippen molar-refractivity contribution in [3.63, 3.8) is 0 Å². The van der Waals surface area contributed by atoms with E-state index in [9.17, 15) is 14.0 Å². The Morgan fingerprint density at radius 3 is 2.36 bits per heavy atom. The van der Waals surface area contributed by atoms with Crippen molar-refractivity contribution in [3.8, 4) is 5.75 Å². The van der Waals surface area contributed by atoms with Crippen molar-refractivity contribution in [2.45, 2.75) is 39.5 Å². The van der Waals surface area contributed by atoms with E-state index in [4.69, 9.17) is 4.74 Å². The quantitative estimate of drug-likeness (QED) is 0.716. The van der Waals surface area contributed by atoms with Crippen LogP contribution < -0.4 is 4.74 Å². The zero-order valence-electron chi connectivity index (χ0n) is 14.7. The molecule has 0 saturated carbocycles. The number of carbonyl (C=O) groups is 2. The zero-order valence-corrected chi connectivity index (χ0v) is 14.7. The maximum atomic E-state index is 13.1. The minimum Gasteiger partial charge on any atom is -0.493 e. The molecule has 0 fully saturated rings. The Bertz CT molecular complexity index is 753. The van der Waals surface area contributed by atoms with Crippen LogP contribution in [0, 0.1) is 5.82 Å². The molecule has 4 heteroatoms. The van der Waals surface area contributed by atoms with Crippen molar-refractivity contribution < 1.29 is 18.7 Å². The van der Waals surface area contributed by atoms with Crippen LogP contribution in [0.25, 0.3) is 0 Å². The van der Waals surface area contributed by atoms with Crippen LogP contribution in [0.2, 0.25) is 0 Å². The van der Waals surface area contributed by atoms with Crippen molar-refractivity contribution in [1.29, 1.82) is 0 Å². The number of benzene rings is 2. The highest BCUT2D eigenvalue weighted by molar-refractivity contribution is 6.02. The Labute approximate surface area is 147 Å². The summed E-state index contributed by atoms with van der Waals surface area (Å²) in [5, 5.41) is 0. The van der Waals surface area contributed by atoms with E-state index in [2.05, 4.69) is 0 Å². The van der Waals surface area contributed by atoms with Crippen molar-refractivity contribution in [2.24, 2.45) is 0 Å². The van der Waals surface area contributed by atoms with E-state index < -0.39 is 5.82 Å². The highest BCUT2D eigenvalue weighted by Crippen LogP contribution is 2.26. The summed E-state index contributed by atoms with van der Waals surface area (Å²) in [6.07, 6.45) is 2.05. The van der Waals surface area contributed by atoms with E-state index in [1.165, 1.54) is 18.2 Å². The van der Waals surface area contributed by atoms with Gasteiger partial charge in [-0.3, -0.25) is 9.59 Å². The first kappa shape index (κ1) is 18.8. The highest BCUT2D eigenvalue weighted by atomic mass is 19.1. The average Bonchev–Trinajstić information content (AvgIpc) is 2.67. The molecule has 0 saturated heterocycles. The molecule has 1 heterocycles. The van der Waals surface area contributed by atoms with Gasteiger partial charge >= 0.3 is 0 Å². The summed E-state index contributed by atoms with van der Waals surface area (Å²) in [5.41, 5.74) is 1.94. The predicted molar refractivity (Wildman–Crippen MR) is 95.9 cm³/mol. The van der Waals surface area contributed by atoms with Crippen molar-refractivity contribution in [2.75, 3.05) is 6.61 Å². The summed E-state index contributed by atoms with van der Waals surface area (Å²) in [4.78, 5) is 24.3. The van der Waals surface area contributed by atoms with E-state index in [0.29, 0.717) is 17.7 Å². The third-order valence-electron chi connectivity index (χ3n) is 3.96. The van der Waals surface area contributed by atoms with Gasteiger partial charge in [-0.1, -0.05) is 26.0 Å². The molecule has 0 bridgehead atoms. The first-order chi connectivity index (χ1) is 12.1. The first-order valence-electron chi connectivity index (χ1n) is 8.71. The van der Waals surface area contributed by atoms with Gasteiger partial charge in [0.15, 0.2) is 11.6 Å². The van der Waals surface area contributed by atoms with E-state index in [1.54, 1.807) is 12.1 Å². The van der Waals surface area contributed by atoms with Crippen LogP contribution in [0.15, 0.2) is 42.5 Å². The molecule has 2 aromatic rings. The predicted octanol–water partition coefficient (Wildman–Crippen LogP) is 5.02. The van der Waals surface area contributed by atoms with Gasteiger partial charge in [0.05, 0.1) is 6.61 Å². The molecule has 25 heavy (non-hydrogen) atoms. The number of fused-ring (bicyclic) bond motifs is 1. The number of Topliss-reactive ketones (excluding diaryl/α,β-unsaturated/α-hetero) is 2. The number of aryl methyl sites for hydroxylation is 1. The number of carbonyl (C=O) groups excluding carboxylic acids is 2. The summed E-state index contributed by atoms with van der Waals surface area (Å²) >= 11 is 0. The standard InChI is InChI=1S/C19H17FO3.C2H6/c20-16-5-1-3-13(12-16)17(21)7-8-18(22)14-6-9-19-15(11-14)4-2-10-23-19;1-2/h1,3,5-6,9,11-12H,2,4,7-8,10H2;1-2H3. The number of ketones is 2. The monoisotopic (exact) mass is 342 g/mol. The Kier molecular flexibility index (Phi) is 6.87. The van der Waals surface area contributed by atoms with Gasteiger partial charge < -0.3 is 4.74 Å². The van der Waals surface area contributed by atoms with Gasteiger partial charge in [0.2, 0.25) is 0 Å². The summed E-state index contributed by atoms with van der Waals surface area (Å²) in [5.74, 6) is 0.0859. The number of hydrogen-bond acceptors (Lipinski definition) is 3. The van der Waals surface area contributed by atoms with E-state index in [1.807, 2.05) is 26.0 Å². The van der Waals surface area contributed by atoms with Crippen LogP contribution in [-0.4, -0.2) is 18.2 Å². The van der Waals surface area contributed by atoms with E-state index in [0.717, 1.165) is 24.2 Å². The summed E-state index contributed by atoms with van der Waals surface area (Å²) in [7, 11) is 0. The molecule has 0 aliphatic carbocycles. The molecule has 3 rings (SSSR count). The second-order valence-electron chi connectivity index (χ2n) is 5.63. The SMILES string of the molecule is CC.O=C(CCC(=O)c1ccc2c(c1)CCCO2)c1cccc(F)c1. The van der Waals surface area contributed by atoms with Gasteiger partial charge in [0.1, 0.15) is 11.6 Å². The van der Waals surface area contributed by atoms with Crippen LogP contribution in [-0.2, 0) is 6.42 Å². The number of halogens is 1. The van der Waals surface area contributed by atoms with Crippen LogP contribution in [0.3, 0.4) is 0 Å². The molecular formula is C21H23FO3. The zero-order chi connectivity index (χ0) is 18.2. The fourth-order valence-electron chi connectivity index (χ4n) is 2.71. The van der Waals surface area contributed by atoms with Crippen LogP contribution in [0.1, 0.15) is 59.4 Å². The molecule has 0 aromatic heterocycles. The number of rotatable bonds is 5. The summed E-state index contributed by atoms with van der Waals surface area (Å²) < 4.78 is 18.6. The van der Waals surface area contributed by atoms with E-state index >= 15 is 0 Å². The lowest BCUT2D eigenvalue weighted by Gasteiger charge is -2.17. The number of hydrogen-bond donors (Lipinski definition) is 0. The van der Waals surface area contributed by atoms with Gasteiger partial charge in [-0.2, -0.15) is 0 Å². The third kappa shape index (κ3) is 4.99. The molecule has 0 atom stereocenters. The molecule has 0 spiro atoms. The Morgan fingerprint density at radius 2 is 1.68 bits per heavy atom. The minimum atomic E-state index is -0.447. The highest BCUT2D eigenvalue weighted by Gasteiger charge is 2.15. The van der Waals surface area contributed by atoms with Gasteiger partial charge in [0, 0.05) is 24.0 Å². The Morgan fingerprint density at radius 1 is 1.00 bits per heavy atom. The fraction of sp³-hybridized carbons (Fsp3) is 0.333. The smallest absolute Gasteiger partial charge is 0.163 e. The fourth-order valence-corrected chi connectivity index (χ4v) is 2.71. The largest absolute Gasteiger partial charge is 0.493 e. The van der Waals surface area contributed by atoms with Crippen molar-refractivity contribution in [1.82, 2.24) is 0 Å². The van der Waals surface area contributed by atoms with Crippen LogP contribution in [0.4, 0.5) is 4.39 Å². The summed E-state index contributed by atoms with van der Waals surface area (Å²) in [6, 6.07) is 10.9. The van der Waals surface area contributed by atoms with Crippen LogP contribution >= 0.6 is 0 Å². The maximum Gasteiger partial charge on any atom is 0.163 e. The minimum absolute atomic E-state index is 0.0792. The molecule has 0 N–H and O–H groups in total. The summed E-state index contributed by atoms with van der Waals surface area (Å²) in [6.45, 7) is 4.71. The lowest BCUT2D eigenvalue weighted by molar-refractivity contribution is 0.0917. The molecule has 3 nitrogen and oxygen atoms in total. The molecule has 0 unspecified atom stereocenters. The second-order valence-corrected chi connectivity index (χ2v) is 5.63. The molecule has 1 aliphatic rings. The van der Waals surface area contributed by atoms with Crippen molar-refractivity contribution >= 4 is 11.6 Å². The van der Waals surface area contributed by atoms with Gasteiger partial charge in [-0.25, -0.2) is 4.39 Å². The molecule has 0 amide bonds. The normalized spacial score (nSPS) is 12.3. The topological polar surface area (TPSA) is 43.4 Å². The molecular weight excluding hydrogens is 319 g/mol. The maximum absolute atomic E-state index is 13.1. The Balaban J connectivity index is 0.00000109. The lowest BCUT2D eigenvalue weighted by atomic mass is 9.98. The molecule has 132 valence electrons. The third-order valence-corrected chi connectivity index (χ3v) is 3.96. The number of ether oxygens (including phenoxy) is 1. The molecule has 2 aromatic carbocycles. The van der Waals surface area contributed by atoms with Crippen LogP contribution in [0.5, 0.6) is 5.75 Å². The van der Waals surface area contributed by atoms with E-state index in [-0.39, 0.29) is 24.4 Å². The Hall–Kier alpha value is -2.49. The van der Waals surface area contributed by atoms with Gasteiger partial charge in [-0.15, -0.1) is 0 Å². The van der Waals surface area contributed by atoms with Crippen molar-refractivity contribution in [3.05, 3.63) is 65.0 Å². The lowest BCUT2D eigenvalue weighted by Crippen LogP contribution is -2.10. The second kappa shape index (κ2) is 9.11. The molecule has 0 radical (unpaired) electrons. The van der Waals surface area contributed by atoms with Gasteiger partial charge in [0.25, 0.3) is 0 Å². The average molecular weight is 342 g/mol. The molecule has 1 aliphatic heterocycles. The first-order valence-corrected chi connectivity index (χ1v) is 8.71.